The molecule has 0 aliphatic carbocycles. The van der Waals surface area contributed by atoms with Crippen LogP contribution in [-0.2, 0) is 24.8 Å². The Morgan fingerprint density at radius 1 is 1.21 bits per heavy atom. The highest BCUT2D eigenvalue weighted by Crippen LogP contribution is 2.49. The molecule has 0 spiro atoms. The maximum absolute atomic E-state index is 13.4. The van der Waals surface area contributed by atoms with Crippen molar-refractivity contribution in [3.8, 4) is 11.1 Å². The maximum atomic E-state index is 13.4. The third-order valence-corrected chi connectivity index (χ3v) is 7.35. The molecule has 1 saturated heterocycles. The number of benzene rings is 1. The van der Waals surface area contributed by atoms with Crippen molar-refractivity contribution in [3.05, 3.63) is 76.7 Å². The Bertz CT molecular complexity index is 1230. The van der Waals surface area contributed by atoms with E-state index in [-0.39, 0.29) is 36.0 Å². The molecule has 178 valence electrons. The highest BCUT2D eigenvalue weighted by molar-refractivity contribution is 5.82. The van der Waals surface area contributed by atoms with Crippen molar-refractivity contribution >= 4 is 5.91 Å². The number of aromatic nitrogens is 3. The Kier molecular flexibility index (Phi) is 6.10. The number of hydrogen-bond donors (Lipinski definition) is 2. The van der Waals surface area contributed by atoms with E-state index in [9.17, 15) is 14.7 Å². The minimum atomic E-state index is -0.425. The molecule has 0 saturated carbocycles. The molecule has 3 aromatic rings. The third-order valence-electron chi connectivity index (χ3n) is 7.35. The zero-order valence-electron chi connectivity index (χ0n) is 19.6. The lowest BCUT2D eigenvalue weighted by atomic mass is 9.88. The number of likely N-dealkylation sites (tertiary alicyclic amines) is 1. The van der Waals surface area contributed by atoms with Crippen molar-refractivity contribution in [2.45, 2.75) is 32.0 Å². The lowest BCUT2D eigenvalue weighted by Crippen LogP contribution is -2.48. The highest BCUT2D eigenvalue weighted by Gasteiger charge is 2.54. The first-order chi connectivity index (χ1) is 16.5. The van der Waals surface area contributed by atoms with Crippen LogP contribution in [-0.4, -0.2) is 55.8 Å². The SMILES string of the molecule is CCN1[C@@H]2c3ccc(-c4ccccc4)c(=O)n3C[C@@H]2[C@@H](CO)[C@@H]1C(=O)NCCc1cn(C)cn1. The van der Waals surface area contributed by atoms with Crippen LogP contribution in [0.25, 0.3) is 11.1 Å². The predicted molar refractivity (Wildman–Crippen MR) is 129 cm³/mol. The molecule has 34 heavy (non-hydrogen) atoms. The number of nitrogens with one attached hydrogen (secondary N) is 1. The number of nitrogens with zero attached hydrogens (tertiary/aromatic N) is 4. The summed E-state index contributed by atoms with van der Waals surface area (Å²) in [5.74, 6) is -0.296. The zero-order valence-corrected chi connectivity index (χ0v) is 19.6. The number of hydrogen-bond acceptors (Lipinski definition) is 5. The second-order valence-electron chi connectivity index (χ2n) is 9.26. The number of likely N-dealkylation sites (N-methyl/N-ethyl adjacent to an activating group) is 1. The fourth-order valence-electron chi connectivity index (χ4n) is 5.83. The Hall–Kier alpha value is -3.23. The quantitative estimate of drug-likeness (QED) is 0.558. The van der Waals surface area contributed by atoms with E-state index in [2.05, 4.69) is 15.2 Å². The second kappa shape index (κ2) is 9.19. The summed E-state index contributed by atoms with van der Waals surface area (Å²) in [6.07, 6.45) is 4.35. The first kappa shape index (κ1) is 22.6. The molecule has 1 amide bonds. The van der Waals surface area contributed by atoms with Crippen LogP contribution in [0.5, 0.6) is 0 Å². The van der Waals surface area contributed by atoms with Gasteiger partial charge in [0.25, 0.3) is 5.56 Å². The molecule has 2 aliphatic heterocycles. The van der Waals surface area contributed by atoms with Gasteiger partial charge in [-0.1, -0.05) is 37.3 Å². The van der Waals surface area contributed by atoms with Gasteiger partial charge in [-0.3, -0.25) is 14.5 Å². The Balaban J connectivity index is 1.39. The summed E-state index contributed by atoms with van der Waals surface area (Å²) < 4.78 is 3.73. The van der Waals surface area contributed by atoms with Crippen molar-refractivity contribution < 1.29 is 9.90 Å². The smallest absolute Gasteiger partial charge is 0.258 e. The first-order valence-corrected chi connectivity index (χ1v) is 11.9. The van der Waals surface area contributed by atoms with E-state index in [4.69, 9.17) is 0 Å². The van der Waals surface area contributed by atoms with Crippen LogP contribution in [0, 0.1) is 11.8 Å². The minimum Gasteiger partial charge on any atom is -0.396 e. The molecule has 4 atom stereocenters. The van der Waals surface area contributed by atoms with Crippen LogP contribution >= 0.6 is 0 Å². The van der Waals surface area contributed by atoms with Crippen LogP contribution in [0.1, 0.15) is 24.4 Å². The van der Waals surface area contributed by atoms with Gasteiger partial charge in [0.05, 0.1) is 24.1 Å². The molecule has 2 aliphatic rings. The minimum absolute atomic E-state index is 0.00946. The molecule has 0 unspecified atom stereocenters. The first-order valence-electron chi connectivity index (χ1n) is 11.9. The summed E-state index contributed by atoms with van der Waals surface area (Å²) in [5.41, 5.74) is 3.42. The van der Waals surface area contributed by atoms with Crippen molar-refractivity contribution in [2.75, 3.05) is 19.7 Å². The van der Waals surface area contributed by atoms with E-state index >= 15 is 0 Å². The average Bonchev–Trinajstić information content (AvgIpc) is 3.52. The summed E-state index contributed by atoms with van der Waals surface area (Å²) in [6.45, 7) is 3.60. The second-order valence-corrected chi connectivity index (χ2v) is 9.26. The largest absolute Gasteiger partial charge is 0.396 e. The topological polar surface area (TPSA) is 92.4 Å². The van der Waals surface area contributed by atoms with Gasteiger partial charge in [0.2, 0.25) is 5.91 Å². The normalized spacial score (nSPS) is 23.6. The van der Waals surface area contributed by atoms with E-state index in [0.29, 0.717) is 31.6 Å². The molecular weight excluding hydrogens is 430 g/mol. The molecule has 1 aromatic carbocycles. The van der Waals surface area contributed by atoms with Crippen molar-refractivity contribution in [1.82, 2.24) is 24.3 Å². The molecule has 2 aromatic heterocycles. The number of imidazole rings is 1. The van der Waals surface area contributed by atoms with Gasteiger partial charge in [-0.2, -0.15) is 0 Å². The number of aliphatic hydroxyl groups excluding tert-OH is 1. The Morgan fingerprint density at radius 3 is 2.68 bits per heavy atom. The fourth-order valence-corrected chi connectivity index (χ4v) is 5.83. The lowest BCUT2D eigenvalue weighted by Gasteiger charge is -2.29. The summed E-state index contributed by atoms with van der Waals surface area (Å²) in [7, 11) is 1.92. The molecule has 0 radical (unpaired) electrons. The molecule has 5 rings (SSSR count). The summed E-state index contributed by atoms with van der Waals surface area (Å²) >= 11 is 0. The number of pyridine rings is 1. The zero-order chi connectivity index (χ0) is 23.8. The molecule has 4 heterocycles. The van der Waals surface area contributed by atoms with Crippen LogP contribution in [0.4, 0.5) is 0 Å². The standard InChI is InChI=1S/C26H31N5O3/c1-3-30-23-20(14-31-22(23)10-9-19(26(31)34)17-7-5-4-6-8-17)21(15-32)24(30)25(33)27-12-11-18-13-29(2)16-28-18/h4-10,13,16,20-21,23-24,32H,3,11-12,14-15H2,1-2H3,(H,27,33)/t20-,21-,23+,24-/m1/s1. The molecule has 8 nitrogen and oxygen atoms in total. The van der Waals surface area contributed by atoms with Crippen LogP contribution in [0.2, 0.25) is 0 Å². The van der Waals surface area contributed by atoms with Gasteiger partial charge >= 0.3 is 0 Å². The Labute approximate surface area is 198 Å². The molecule has 1 fully saturated rings. The van der Waals surface area contributed by atoms with Gasteiger partial charge in [-0.15, -0.1) is 0 Å². The summed E-state index contributed by atoms with van der Waals surface area (Å²) in [5, 5.41) is 13.4. The van der Waals surface area contributed by atoms with Crippen LogP contribution in [0.3, 0.4) is 0 Å². The number of carbonyl (C=O) groups is 1. The number of rotatable bonds is 7. The Morgan fingerprint density at radius 2 is 2.00 bits per heavy atom. The fraction of sp³-hybridized carbons (Fsp3) is 0.423. The van der Waals surface area contributed by atoms with Crippen LogP contribution in [0.15, 0.2) is 59.8 Å². The maximum Gasteiger partial charge on any atom is 0.258 e. The number of aliphatic hydroxyl groups is 1. The van der Waals surface area contributed by atoms with Gasteiger partial charge in [-0.25, -0.2) is 4.98 Å². The van der Waals surface area contributed by atoms with E-state index in [0.717, 1.165) is 17.0 Å². The van der Waals surface area contributed by atoms with E-state index in [1.54, 1.807) is 6.33 Å². The predicted octanol–water partition coefficient (Wildman–Crippen LogP) is 1.59. The molecule has 8 heteroatoms. The summed E-state index contributed by atoms with van der Waals surface area (Å²) in [6, 6.07) is 13.1. The van der Waals surface area contributed by atoms with E-state index < -0.39 is 6.04 Å². The van der Waals surface area contributed by atoms with Crippen molar-refractivity contribution in [2.24, 2.45) is 18.9 Å². The van der Waals surface area contributed by atoms with Gasteiger partial charge in [-0.05, 0) is 24.2 Å². The molecule has 2 N–H and O–H groups in total. The van der Waals surface area contributed by atoms with Crippen LogP contribution < -0.4 is 10.9 Å². The molecular formula is C26H31N5O3. The number of carbonyl (C=O) groups excluding carboxylic acids is 1. The number of aryl methyl sites for hydroxylation is 1. The van der Waals surface area contributed by atoms with E-state index in [1.807, 2.05) is 71.8 Å². The third kappa shape index (κ3) is 3.76. The number of amides is 1. The molecule has 0 bridgehead atoms. The highest BCUT2D eigenvalue weighted by atomic mass is 16.3. The van der Waals surface area contributed by atoms with Gasteiger partial charge in [0.1, 0.15) is 0 Å². The average molecular weight is 462 g/mol. The lowest BCUT2D eigenvalue weighted by molar-refractivity contribution is -0.127. The van der Waals surface area contributed by atoms with E-state index in [1.165, 1.54) is 0 Å². The monoisotopic (exact) mass is 461 g/mol. The summed E-state index contributed by atoms with van der Waals surface area (Å²) in [4.78, 5) is 33.1. The van der Waals surface area contributed by atoms with Gasteiger partial charge in [0.15, 0.2) is 0 Å². The van der Waals surface area contributed by atoms with Gasteiger partial charge in [0, 0.05) is 62.5 Å². The van der Waals surface area contributed by atoms with Crippen molar-refractivity contribution in [3.63, 3.8) is 0 Å². The van der Waals surface area contributed by atoms with Crippen molar-refractivity contribution in [1.29, 1.82) is 0 Å². The van der Waals surface area contributed by atoms with Gasteiger partial charge < -0.3 is 19.6 Å². The number of fused-ring (bicyclic) bond motifs is 3.